The number of benzene rings is 1. The van der Waals surface area contributed by atoms with E-state index in [-0.39, 0.29) is 12.1 Å². The first-order chi connectivity index (χ1) is 13.0. The monoisotopic (exact) mass is 408 g/mol. The molecule has 0 aliphatic carbocycles. The molecule has 1 N–H and O–H groups in total. The van der Waals surface area contributed by atoms with Gasteiger partial charge in [-0.15, -0.1) is 0 Å². The molecule has 27 heavy (non-hydrogen) atoms. The van der Waals surface area contributed by atoms with Crippen LogP contribution in [-0.2, 0) is 17.9 Å². The first kappa shape index (κ1) is 19.8. The third-order valence-corrected chi connectivity index (χ3v) is 7.02. The van der Waals surface area contributed by atoms with Crippen LogP contribution >= 0.6 is 21.6 Å². The SMILES string of the molecule is C[C@@H](SSCc1ccncc1)[C@](O)(Cn1cncn1)c1ccc(F)cc1F. The number of aromatic nitrogens is 4. The summed E-state index contributed by atoms with van der Waals surface area (Å²) >= 11 is 0. The minimum absolute atomic E-state index is 0.000460. The molecule has 0 aliphatic heterocycles. The van der Waals surface area contributed by atoms with Gasteiger partial charge in [0.05, 0.1) is 6.54 Å². The summed E-state index contributed by atoms with van der Waals surface area (Å²) in [6.45, 7) is 1.81. The standard InChI is InChI=1S/C18H18F2N4OS2/c1-13(27-26-9-14-4-6-21-7-5-14)18(25,10-24-12-22-11-23-24)16-3-2-15(19)8-17(16)20/h2-8,11-13,25H,9-10H2,1H3/t13-,18-/m1/s1. The van der Waals surface area contributed by atoms with Gasteiger partial charge in [0.2, 0.25) is 0 Å². The van der Waals surface area contributed by atoms with Crippen LogP contribution in [0.2, 0.25) is 0 Å². The molecule has 2 aromatic heterocycles. The van der Waals surface area contributed by atoms with Crippen molar-refractivity contribution in [2.75, 3.05) is 0 Å². The number of pyridine rings is 1. The molecule has 142 valence electrons. The van der Waals surface area contributed by atoms with Crippen LogP contribution in [0.1, 0.15) is 18.1 Å². The number of nitrogens with zero attached hydrogens (tertiary/aromatic N) is 4. The van der Waals surface area contributed by atoms with Gasteiger partial charge < -0.3 is 5.11 Å². The summed E-state index contributed by atoms with van der Waals surface area (Å²) in [6, 6.07) is 7.04. The Labute approximate surface area is 163 Å². The van der Waals surface area contributed by atoms with E-state index in [1.165, 1.54) is 34.2 Å². The Morgan fingerprint density at radius 1 is 1.19 bits per heavy atom. The zero-order chi connectivity index (χ0) is 19.3. The number of aliphatic hydroxyl groups is 1. The van der Waals surface area contributed by atoms with Gasteiger partial charge in [-0.1, -0.05) is 27.7 Å². The van der Waals surface area contributed by atoms with E-state index in [2.05, 4.69) is 15.1 Å². The molecule has 2 heterocycles. The van der Waals surface area contributed by atoms with Gasteiger partial charge in [0.15, 0.2) is 0 Å². The molecule has 1 aromatic carbocycles. The van der Waals surface area contributed by atoms with Gasteiger partial charge in [-0.2, -0.15) is 5.10 Å². The highest BCUT2D eigenvalue weighted by atomic mass is 33.1. The average molecular weight is 408 g/mol. The van der Waals surface area contributed by atoms with Gasteiger partial charge >= 0.3 is 0 Å². The average Bonchev–Trinajstić information content (AvgIpc) is 3.15. The molecule has 9 heteroatoms. The molecule has 5 nitrogen and oxygen atoms in total. The lowest BCUT2D eigenvalue weighted by Crippen LogP contribution is -2.41. The molecular weight excluding hydrogens is 390 g/mol. The van der Waals surface area contributed by atoms with Gasteiger partial charge in [-0.3, -0.25) is 4.98 Å². The van der Waals surface area contributed by atoms with Crippen LogP contribution in [-0.4, -0.2) is 30.1 Å². The Bertz CT molecular complexity index is 867. The van der Waals surface area contributed by atoms with Crippen LogP contribution in [0.4, 0.5) is 8.78 Å². The fourth-order valence-corrected chi connectivity index (χ4v) is 5.26. The summed E-state index contributed by atoms with van der Waals surface area (Å²) in [5, 5.41) is 15.0. The second-order valence-corrected chi connectivity index (χ2v) is 8.71. The van der Waals surface area contributed by atoms with Gasteiger partial charge in [0, 0.05) is 35.0 Å². The lowest BCUT2D eigenvalue weighted by molar-refractivity contribution is 0.0137. The van der Waals surface area contributed by atoms with E-state index in [1.807, 2.05) is 19.1 Å². The number of hydrogen-bond acceptors (Lipinski definition) is 6. The normalized spacial score (nSPS) is 14.7. The lowest BCUT2D eigenvalue weighted by Gasteiger charge is -2.34. The van der Waals surface area contributed by atoms with Crippen molar-refractivity contribution < 1.29 is 13.9 Å². The Morgan fingerprint density at radius 2 is 1.96 bits per heavy atom. The number of rotatable bonds is 8. The Hall–Kier alpha value is -1.97. The maximum Gasteiger partial charge on any atom is 0.137 e. The minimum atomic E-state index is -1.60. The quantitative estimate of drug-likeness (QED) is 0.572. The van der Waals surface area contributed by atoms with Crippen molar-refractivity contribution in [3.63, 3.8) is 0 Å². The summed E-state index contributed by atoms with van der Waals surface area (Å²) in [5.41, 5.74) is -0.465. The van der Waals surface area contributed by atoms with E-state index in [4.69, 9.17) is 0 Å². The molecule has 0 saturated heterocycles. The van der Waals surface area contributed by atoms with E-state index in [0.29, 0.717) is 5.75 Å². The molecule has 0 amide bonds. The van der Waals surface area contributed by atoms with Crippen LogP contribution in [0.25, 0.3) is 0 Å². The van der Waals surface area contributed by atoms with Crippen LogP contribution in [0, 0.1) is 11.6 Å². The number of halogens is 2. The van der Waals surface area contributed by atoms with Crippen LogP contribution in [0.15, 0.2) is 55.4 Å². The summed E-state index contributed by atoms with van der Waals surface area (Å²) in [5.74, 6) is -0.765. The molecule has 0 fully saturated rings. The zero-order valence-electron chi connectivity index (χ0n) is 14.5. The zero-order valence-corrected chi connectivity index (χ0v) is 16.1. The molecule has 0 unspecified atom stereocenters. The second kappa shape index (κ2) is 8.81. The smallest absolute Gasteiger partial charge is 0.137 e. The van der Waals surface area contributed by atoms with Gasteiger partial charge in [-0.25, -0.2) is 18.4 Å². The van der Waals surface area contributed by atoms with E-state index in [1.54, 1.807) is 23.2 Å². The molecular formula is C18H18F2N4OS2. The maximum atomic E-state index is 14.5. The van der Waals surface area contributed by atoms with Crippen molar-refractivity contribution >= 4 is 21.6 Å². The fourth-order valence-electron chi connectivity index (χ4n) is 2.60. The third kappa shape index (κ3) is 4.85. The van der Waals surface area contributed by atoms with Crippen molar-refractivity contribution in [1.29, 1.82) is 0 Å². The fraction of sp³-hybridized carbons (Fsp3) is 0.278. The van der Waals surface area contributed by atoms with E-state index in [9.17, 15) is 13.9 Å². The highest BCUT2D eigenvalue weighted by Gasteiger charge is 2.39. The molecule has 0 aliphatic rings. The predicted octanol–water partition coefficient (Wildman–Crippen LogP) is 3.81. The summed E-state index contributed by atoms with van der Waals surface area (Å²) in [7, 11) is 2.98. The van der Waals surface area contributed by atoms with Crippen molar-refractivity contribution in [3.8, 4) is 0 Å². The first-order valence-electron chi connectivity index (χ1n) is 8.16. The third-order valence-electron chi connectivity index (χ3n) is 4.13. The molecule has 0 spiro atoms. The highest BCUT2D eigenvalue weighted by molar-refractivity contribution is 8.76. The van der Waals surface area contributed by atoms with Gasteiger partial charge in [0.25, 0.3) is 0 Å². The summed E-state index contributed by atoms with van der Waals surface area (Å²) < 4.78 is 29.2. The van der Waals surface area contributed by atoms with Gasteiger partial charge in [0.1, 0.15) is 29.9 Å². The molecule has 0 saturated carbocycles. The van der Waals surface area contributed by atoms with Gasteiger partial charge in [-0.05, 0) is 30.7 Å². The predicted molar refractivity (Wildman–Crippen MR) is 103 cm³/mol. The van der Waals surface area contributed by atoms with Crippen LogP contribution in [0.3, 0.4) is 0 Å². The lowest BCUT2D eigenvalue weighted by atomic mass is 9.90. The largest absolute Gasteiger partial charge is 0.382 e. The van der Waals surface area contributed by atoms with Crippen molar-refractivity contribution in [2.24, 2.45) is 0 Å². The molecule has 3 rings (SSSR count). The molecule has 3 aromatic rings. The molecule has 0 radical (unpaired) electrons. The minimum Gasteiger partial charge on any atom is -0.382 e. The van der Waals surface area contributed by atoms with E-state index < -0.39 is 22.5 Å². The van der Waals surface area contributed by atoms with Crippen LogP contribution in [0.5, 0.6) is 0 Å². The highest BCUT2D eigenvalue weighted by Crippen LogP contribution is 2.41. The van der Waals surface area contributed by atoms with E-state index in [0.717, 1.165) is 17.7 Å². The summed E-state index contributed by atoms with van der Waals surface area (Å²) in [6.07, 6.45) is 6.24. The number of hydrogen-bond donors (Lipinski definition) is 1. The Balaban J connectivity index is 1.80. The van der Waals surface area contributed by atoms with Crippen molar-refractivity contribution in [2.45, 2.75) is 30.1 Å². The van der Waals surface area contributed by atoms with Crippen molar-refractivity contribution in [3.05, 3.63) is 78.1 Å². The first-order valence-corrected chi connectivity index (χ1v) is 10.5. The second-order valence-electron chi connectivity index (χ2n) is 6.00. The molecule has 0 bridgehead atoms. The Morgan fingerprint density at radius 3 is 2.63 bits per heavy atom. The van der Waals surface area contributed by atoms with Crippen LogP contribution < -0.4 is 0 Å². The molecule has 2 atom stereocenters. The van der Waals surface area contributed by atoms with Crippen molar-refractivity contribution in [1.82, 2.24) is 19.7 Å². The summed E-state index contributed by atoms with van der Waals surface area (Å²) in [4.78, 5) is 7.85. The van der Waals surface area contributed by atoms with E-state index >= 15 is 0 Å². The topological polar surface area (TPSA) is 63.8 Å². The maximum absolute atomic E-state index is 14.5. The Kier molecular flexibility index (Phi) is 6.46.